The van der Waals surface area contributed by atoms with E-state index in [1.807, 2.05) is 0 Å². The smallest absolute Gasteiger partial charge is 0.119 e. The number of benzene rings is 1. The highest BCUT2D eigenvalue weighted by atomic mass is 16.5. The molecular weight excluding hydrogens is 258 g/mol. The molecule has 1 aromatic carbocycles. The van der Waals surface area contributed by atoms with E-state index < -0.39 is 0 Å². The lowest BCUT2D eigenvalue weighted by Crippen LogP contribution is -2.59. The maximum absolute atomic E-state index is 5.51. The Morgan fingerprint density at radius 1 is 1.33 bits per heavy atom. The minimum atomic E-state index is 0.266. The van der Waals surface area contributed by atoms with Crippen molar-refractivity contribution >= 4 is 0 Å². The average Bonchev–Trinajstić information content (AvgIpc) is 2.50. The lowest BCUT2D eigenvalue weighted by Gasteiger charge is -2.57. The summed E-state index contributed by atoms with van der Waals surface area (Å²) in [4.78, 5) is 2.60. The van der Waals surface area contributed by atoms with Gasteiger partial charge in [-0.2, -0.15) is 0 Å². The largest absolute Gasteiger partial charge is 0.497 e. The topological polar surface area (TPSA) is 12.5 Å². The molecule has 1 aromatic rings. The maximum Gasteiger partial charge on any atom is 0.119 e. The summed E-state index contributed by atoms with van der Waals surface area (Å²) in [5.41, 5.74) is 4.93. The standard InChI is InChI=1S/C19H25NO/c1-13-4-7-16-18-10-14-5-6-15(21-3)11-17(14)19(16,12-13)8-9-20(18)2/h5-6,11-12,16,18H,4,7-10H2,1-3H3/t16-,18+,19-/m0/s1. The number of likely N-dealkylation sites (tertiary alicyclic amines) is 1. The summed E-state index contributed by atoms with van der Waals surface area (Å²) in [6.45, 7) is 3.52. The van der Waals surface area contributed by atoms with E-state index in [4.69, 9.17) is 4.74 Å². The van der Waals surface area contributed by atoms with Crippen LogP contribution in [-0.4, -0.2) is 31.6 Å². The average molecular weight is 283 g/mol. The molecule has 1 fully saturated rings. The van der Waals surface area contributed by atoms with Gasteiger partial charge in [0.2, 0.25) is 0 Å². The Morgan fingerprint density at radius 3 is 3.00 bits per heavy atom. The Bertz CT molecular complexity index is 606. The molecule has 3 aliphatic rings. The molecule has 0 aromatic heterocycles. The number of nitrogens with zero attached hydrogens (tertiary/aromatic N) is 1. The molecule has 112 valence electrons. The van der Waals surface area contributed by atoms with Gasteiger partial charge in [-0.15, -0.1) is 0 Å². The first-order valence-electron chi connectivity index (χ1n) is 8.20. The Labute approximate surface area is 127 Å². The summed E-state index contributed by atoms with van der Waals surface area (Å²) in [6.07, 6.45) is 7.68. The van der Waals surface area contributed by atoms with Gasteiger partial charge in [0.25, 0.3) is 0 Å². The first kappa shape index (κ1) is 13.4. The Balaban J connectivity index is 1.94. The van der Waals surface area contributed by atoms with E-state index in [-0.39, 0.29) is 5.41 Å². The SMILES string of the molecule is COc1ccc2c(c1)[C@@]13C=C(C)CC[C@H]1[C@@H](C2)N(C)CC3. The van der Waals surface area contributed by atoms with Gasteiger partial charge in [-0.25, -0.2) is 0 Å². The van der Waals surface area contributed by atoms with Crippen LogP contribution >= 0.6 is 0 Å². The highest BCUT2D eigenvalue weighted by molar-refractivity contribution is 5.49. The number of hydrogen-bond donors (Lipinski definition) is 0. The van der Waals surface area contributed by atoms with E-state index >= 15 is 0 Å². The second-order valence-corrected chi connectivity index (χ2v) is 7.20. The number of allylic oxidation sites excluding steroid dienone is 2. The molecule has 2 heteroatoms. The monoisotopic (exact) mass is 283 g/mol. The van der Waals surface area contributed by atoms with Crippen molar-refractivity contribution < 1.29 is 4.74 Å². The van der Waals surface area contributed by atoms with Gasteiger partial charge in [0.1, 0.15) is 5.75 Å². The molecule has 2 bridgehead atoms. The highest BCUT2D eigenvalue weighted by Crippen LogP contribution is 2.54. The normalized spacial score (nSPS) is 34.7. The lowest BCUT2D eigenvalue weighted by molar-refractivity contribution is 0.0439. The number of piperidine rings is 1. The van der Waals surface area contributed by atoms with Crippen LogP contribution in [0.1, 0.15) is 37.3 Å². The van der Waals surface area contributed by atoms with Crippen LogP contribution < -0.4 is 4.74 Å². The van der Waals surface area contributed by atoms with E-state index in [2.05, 4.69) is 43.1 Å². The van der Waals surface area contributed by atoms with Crippen molar-refractivity contribution in [3.05, 3.63) is 41.0 Å². The van der Waals surface area contributed by atoms with Gasteiger partial charge in [-0.1, -0.05) is 17.7 Å². The number of fused-ring (bicyclic) bond motifs is 1. The van der Waals surface area contributed by atoms with Gasteiger partial charge in [0.15, 0.2) is 0 Å². The van der Waals surface area contributed by atoms with Crippen molar-refractivity contribution in [3.63, 3.8) is 0 Å². The molecule has 2 nitrogen and oxygen atoms in total. The molecule has 21 heavy (non-hydrogen) atoms. The van der Waals surface area contributed by atoms with Crippen LogP contribution in [0.15, 0.2) is 29.8 Å². The summed E-state index contributed by atoms with van der Waals surface area (Å²) >= 11 is 0. The van der Waals surface area contributed by atoms with Crippen LogP contribution in [0.25, 0.3) is 0 Å². The molecule has 0 N–H and O–H groups in total. The lowest BCUT2D eigenvalue weighted by atomic mass is 9.54. The molecule has 0 unspecified atom stereocenters. The maximum atomic E-state index is 5.51. The minimum absolute atomic E-state index is 0.266. The van der Waals surface area contributed by atoms with E-state index in [1.165, 1.54) is 37.8 Å². The third kappa shape index (κ3) is 1.81. The number of hydrogen-bond acceptors (Lipinski definition) is 2. The van der Waals surface area contributed by atoms with Crippen molar-refractivity contribution in [2.24, 2.45) is 5.92 Å². The predicted octanol–water partition coefficient (Wildman–Crippen LogP) is 3.55. The molecule has 1 saturated heterocycles. The summed E-state index contributed by atoms with van der Waals surface area (Å²) in [7, 11) is 4.09. The fourth-order valence-corrected chi connectivity index (χ4v) is 5.12. The van der Waals surface area contributed by atoms with Gasteiger partial charge >= 0.3 is 0 Å². The third-order valence-corrected chi connectivity index (χ3v) is 6.17. The molecule has 2 aliphatic carbocycles. The van der Waals surface area contributed by atoms with E-state index in [0.29, 0.717) is 6.04 Å². The fourth-order valence-electron chi connectivity index (χ4n) is 5.12. The molecule has 3 atom stereocenters. The van der Waals surface area contributed by atoms with Gasteiger partial charge in [-0.3, -0.25) is 0 Å². The van der Waals surface area contributed by atoms with Crippen LogP contribution in [0, 0.1) is 5.92 Å². The number of methoxy groups -OCH3 is 1. The molecule has 0 spiro atoms. The second-order valence-electron chi connectivity index (χ2n) is 7.20. The first-order chi connectivity index (χ1) is 10.1. The number of likely N-dealkylation sites (N-methyl/N-ethyl adjacent to an activating group) is 1. The van der Waals surface area contributed by atoms with Crippen LogP contribution in [0.4, 0.5) is 0 Å². The zero-order valence-corrected chi connectivity index (χ0v) is 13.4. The van der Waals surface area contributed by atoms with Crippen molar-refractivity contribution in [2.45, 2.75) is 44.1 Å². The first-order valence-corrected chi connectivity index (χ1v) is 8.20. The van der Waals surface area contributed by atoms with E-state index in [0.717, 1.165) is 11.7 Å². The van der Waals surface area contributed by atoms with Crippen molar-refractivity contribution in [1.29, 1.82) is 0 Å². The summed E-state index contributed by atoms with van der Waals surface area (Å²) in [6, 6.07) is 7.46. The van der Waals surface area contributed by atoms with Gasteiger partial charge in [-0.05, 0) is 75.4 Å². The van der Waals surface area contributed by atoms with Crippen LogP contribution in [0.3, 0.4) is 0 Å². The highest BCUT2D eigenvalue weighted by Gasteiger charge is 2.52. The van der Waals surface area contributed by atoms with Gasteiger partial charge in [0, 0.05) is 11.5 Å². The Morgan fingerprint density at radius 2 is 2.19 bits per heavy atom. The Hall–Kier alpha value is -1.28. The molecule has 1 heterocycles. The van der Waals surface area contributed by atoms with Crippen LogP contribution in [-0.2, 0) is 11.8 Å². The zero-order chi connectivity index (χ0) is 14.6. The molecule has 1 aliphatic heterocycles. The zero-order valence-electron chi connectivity index (χ0n) is 13.4. The molecular formula is C19H25NO. The number of rotatable bonds is 1. The Kier molecular flexibility index (Phi) is 2.94. The molecule has 0 amide bonds. The van der Waals surface area contributed by atoms with Gasteiger partial charge < -0.3 is 9.64 Å². The van der Waals surface area contributed by atoms with Crippen molar-refractivity contribution in [2.75, 3.05) is 20.7 Å². The fraction of sp³-hybridized carbons (Fsp3) is 0.579. The predicted molar refractivity (Wildman–Crippen MR) is 85.9 cm³/mol. The van der Waals surface area contributed by atoms with Crippen molar-refractivity contribution in [3.8, 4) is 5.75 Å². The molecule has 4 rings (SSSR count). The second kappa shape index (κ2) is 4.61. The molecule has 0 radical (unpaired) electrons. The minimum Gasteiger partial charge on any atom is -0.497 e. The summed E-state index contributed by atoms with van der Waals surface area (Å²) in [5, 5.41) is 0. The van der Waals surface area contributed by atoms with Crippen LogP contribution in [0.2, 0.25) is 0 Å². The third-order valence-electron chi connectivity index (χ3n) is 6.17. The molecule has 0 saturated carbocycles. The van der Waals surface area contributed by atoms with Gasteiger partial charge in [0.05, 0.1) is 7.11 Å². The summed E-state index contributed by atoms with van der Waals surface area (Å²) < 4.78 is 5.51. The summed E-state index contributed by atoms with van der Waals surface area (Å²) in [5.74, 6) is 1.79. The quantitative estimate of drug-likeness (QED) is 0.731. The van der Waals surface area contributed by atoms with Crippen molar-refractivity contribution in [1.82, 2.24) is 4.90 Å². The van der Waals surface area contributed by atoms with E-state index in [9.17, 15) is 0 Å². The van der Waals surface area contributed by atoms with E-state index in [1.54, 1.807) is 18.2 Å². The number of ether oxygens (including phenoxy) is 1. The van der Waals surface area contributed by atoms with Crippen LogP contribution in [0.5, 0.6) is 5.75 Å².